The second-order valence-electron chi connectivity index (χ2n) is 5.84. The summed E-state index contributed by atoms with van der Waals surface area (Å²) in [5.41, 5.74) is 3.25. The van der Waals surface area contributed by atoms with E-state index in [9.17, 15) is 4.79 Å². The van der Waals surface area contributed by atoms with E-state index in [2.05, 4.69) is 23.5 Å². The van der Waals surface area contributed by atoms with Gasteiger partial charge in [0.15, 0.2) is 5.78 Å². The summed E-state index contributed by atoms with van der Waals surface area (Å²) in [6.45, 7) is 0. The van der Waals surface area contributed by atoms with Gasteiger partial charge in [-0.05, 0) is 39.7 Å². The minimum atomic E-state index is -0.268. The van der Waals surface area contributed by atoms with Gasteiger partial charge in [0.05, 0.1) is 0 Å². The average Bonchev–Trinajstić information content (AvgIpc) is 2.61. The summed E-state index contributed by atoms with van der Waals surface area (Å²) in [6.07, 6.45) is 4.31. The summed E-state index contributed by atoms with van der Waals surface area (Å²) < 4.78 is 0. The molecule has 1 N–H and O–H groups in total. The first-order chi connectivity index (χ1) is 11.3. The van der Waals surface area contributed by atoms with Crippen molar-refractivity contribution in [1.82, 2.24) is 5.32 Å². The Hall–Kier alpha value is -2.87. The molecule has 1 unspecified atom stereocenters. The Morgan fingerprint density at radius 3 is 2.65 bits per heavy atom. The average molecular weight is 299 g/mol. The molecule has 0 saturated heterocycles. The van der Waals surface area contributed by atoms with Gasteiger partial charge in [-0.15, -0.1) is 0 Å². The molecule has 23 heavy (non-hydrogen) atoms. The monoisotopic (exact) mass is 299 g/mol. The Morgan fingerprint density at radius 2 is 1.70 bits per heavy atom. The van der Waals surface area contributed by atoms with E-state index in [1.54, 1.807) is 0 Å². The molecule has 0 bridgehead atoms. The molecular weight excluding hydrogens is 282 g/mol. The Bertz CT molecular complexity index is 905. The Morgan fingerprint density at radius 1 is 0.913 bits per heavy atom. The Balaban J connectivity index is 1.67. The number of Topliss-reactive ketones (excluding diaryl/α,β-unsaturated/α-hetero) is 1. The predicted molar refractivity (Wildman–Crippen MR) is 94.0 cm³/mol. The molecule has 3 aromatic rings. The van der Waals surface area contributed by atoms with E-state index in [1.807, 2.05) is 60.8 Å². The SMILES string of the molecule is O=C(Cc1cccc2ccccc12)C1NC=Cc2ccccc21. The lowest BCUT2D eigenvalue weighted by Gasteiger charge is -2.22. The molecule has 0 fully saturated rings. The third kappa shape index (κ3) is 2.53. The summed E-state index contributed by atoms with van der Waals surface area (Å²) in [5.74, 6) is 0.193. The first-order valence-corrected chi connectivity index (χ1v) is 7.84. The lowest BCUT2D eigenvalue weighted by Crippen LogP contribution is -2.28. The molecule has 2 nitrogen and oxygen atoms in total. The highest BCUT2D eigenvalue weighted by atomic mass is 16.1. The third-order valence-corrected chi connectivity index (χ3v) is 4.40. The van der Waals surface area contributed by atoms with Crippen molar-refractivity contribution in [2.24, 2.45) is 0 Å². The minimum Gasteiger partial charge on any atom is -0.378 e. The number of fused-ring (bicyclic) bond motifs is 2. The van der Waals surface area contributed by atoms with Gasteiger partial charge >= 0.3 is 0 Å². The predicted octanol–water partition coefficient (Wildman–Crippen LogP) is 4.27. The van der Waals surface area contributed by atoms with Crippen LogP contribution in [0.1, 0.15) is 22.7 Å². The molecule has 0 amide bonds. The van der Waals surface area contributed by atoms with Crippen LogP contribution in [0, 0.1) is 0 Å². The third-order valence-electron chi connectivity index (χ3n) is 4.40. The highest BCUT2D eigenvalue weighted by Gasteiger charge is 2.23. The molecule has 1 aliphatic rings. The number of nitrogens with one attached hydrogen (secondary N) is 1. The molecule has 1 aliphatic heterocycles. The van der Waals surface area contributed by atoms with Gasteiger partial charge in [-0.1, -0.05) is 66.7 Å². The zero-order valence-corrected chi connectivity index (χ0v) is 12.7. The number of ketones is 1. The molecule has 4 rings (SSSR count). The lowest BCUT2D eigenvalue weighted by molar-refractivity contribution is -0.120. The molecular formula is C21H17NO. The maximum Gasteiger partial charge on any atom is 0.163 e. The van der Waals surface area contributed by atoms with Gasteiger partial charge in [0.25, 0.3) is 0 Å². The van der Waals surface area contributed by atoms with Crippen molar-refractivity contribution in [3.05, 3.63) is 89.6 Å². The summed E-state index contributed by atoms with van der Waals surface area (Å²) in [7, 11) is 0. The van der Waals surface area contributed by atoms with Crippen molar-refractivity contribution in [1.29, 1.82) is 0 Å². The van der Waals surface area contributed by atoms with E-state index in [1.165, 1.54) is 5.39 Å². The van der Waals surface area contributed by atoms with Crippen LogP contribution in [0.4, 0.5) is 0 Å². The van der Waals surface area contributed by atoms with Gasteiger partial charge in [0.1, 0.15) is 6.04 Å². The number of benzene rings is 3. The number of rotatable bonds is 3. The second kappa shape index (κ2) is 5.73. The van der Waals surface area contributed by atoms with Crippen LogP contribution < -0.4 is 5.32 Å². The highest BCUT2D eigenvalue weighted by Crippen LogP contribution is 2.26. The highest BCUT2D eigenvalue weighted by molar-refractivity contribution is 5.94. The zero-order chi connectivity index (χ0) is 15.6. The number of hydrogen-bond acceptors (Lipinski definition) is 2. The van der Waals surface area contributed by atoms with Gasteiger partial charge in [0.2, 0.25) is 0 Å². The molecule has 3 aromatic carbocycles. The van der Waals surface area contributed by atoms with Gasteiger partial charge in [-0.3, -0.25) is 4.79 Å². The van der Waals surface area contributed by atoms with Crippen molar-refractivity contribution in [3.63, 3.8) is 0 Å². The smallest absolute Gasteiger partial charge is 0.163 e. The van der Waals surface area contributed by atoms with Gasteiger partial charge in [-0.25, -0.2) is 0 Å². The van der Waals surface area contributed by atoms with E-state index in [-0.39, 0.29) is 11.8 Å². The van der Waals surface area contributed by atoms with E-state index in [4.69, 9.17) is 0 Å². The summed E-state index contributed by atoms with van der Waals surface area (Å²) in [5, 5.41) is 5.54. The van der Waals surface area contributed by atoms with Crippen LogP contribution in [0.25, 0.3) is 16.8 Å². The van der Waals surface area contributed by atoms with Gasteiger partial charge in [-0.2, -0.15) is 0 Å². The summed E-state index contributed by atoms with van der Waals surface area (Å²) >= 11 is 0. The number of carbonyl (C=O) groups excluding carboxylic acids is 1. The summed E-state index contributed by atoms with van der Waals surface area (Å²) in [6, 6.07) is 22.2. The number of hydrogen-bond donors (Lipinski definition) is 1. The van der Waals surface area contributed by atoms with E-state index >= 15 is 0 Å². The van der Waals surface area contributed by atoms with Crippen molar-refractivity contribution in [3.8, 4) is 0 Å². The van der Waals surface area contributed by atoms with Crippen LogP contribution in [-0.2, 0) is 11.2 Å². The van der Waals surface area contributed by atoms with Crippen molar-refractivity contribution >= 4 is 22.6 Å². The maximum atomic E-state index is 12.9. The molecule has 0 spiro atoms. The van der Waals surface area contributed by atoms with Crippen molar-refractivity contribution in [2.45, 2.75) is 12.5 Å². The fourth-order valence-corrected chi connectivity index (χ4v) is 3.25. The topological polar surface area (TPSA) is 29.1 Å². The fourth-order valence-electron chi connectivity index (χ4n) is 3.25. The maximum absolute atomic E-state index is 12.9. The largest absolute Gasteiger partial charge is 0.378 e. The lowest BCUT2D eigenvalue weighted by atomic mass is 9.91. The van der Waals surface area contributed by atoms with E-state index < -0.39 is 0 Å². The molecule has 0 radical (unpaired) electrons. The first kappa shape index (κ1) is 13.8. The van der Waals surface area contributed by atoms with Crippen LogP contribution >= 0.6 is 0 Å². The number of carbonyl (C=O) groups is 1. The molecule has 0 saturated carbocycles. The van der Waals surface area contributed by atoms with Crippen LogP contribution in [0.5, 0.6) is 0 Å². The molecule has 1 atom stereocenters. The first-order valence-electron chi connectivity index (χ1n) is 7.84. The summed E-state index contributed by atoms with van der Waals surface area (Å²) in [4.78, 5) is 12.9. The minimum absolute atomic E-state index is 0.193. The Kier molecular flexibility index (Phi) is 3.43. The normalized spacial score (nSPS) is 15.9. The van der Waals surface area contributed by atoms with Gasteiger partial charge in [0, 0.05) is 6.42 Å². The van der Waals surface area contributed by atoms with Crippen LogP contribution in [-0.4, -0.2) is 5.78 Å². The van der Waals surface area contributed by atoms with Crippen molar-refractivity contribution in [2.75, 3.05) is 0 Å². The van der Waals surface area contributed by atoms with E-state index in [0.29, 0.717) is 6.42 Å². The fraction of sp³-hybridized carbons (Fsp3) is 0.0952. The van der Waals surface area contributed by atoms with Crippen LogP contribution in [0.3, 0.4) is 0 Å². The molecule has 112 valence electrons. The zero-order valence-electron chi connectivity index (χ0n) is 12.7. The van der Waals surface area contributed by atoms with E-state index in [0.717, 1.165) is 22.1 Å². The van der Waals surface area contributed by atoms with Crippen LogP contribution in [0.15, 0.2) is 72.9 Å². The Labute approximate surface area is 135 Å². The molecule has 0 aromatic heterocycles. The molecule has 2 heteroatoms. The molecule has 0 aliphatic carbocycles. The second-order valence-corrected chi connectivity index (χ2v) is 5.84. The standard InChI is InChI=1S/C21H17NO/c23-20(21-19-11-4-2-7-16(19)12-13-22-21)14-17-9-5-8-15-6-1-3-10-18(15)17/h1-13,21-22H,14H2. The quantitative estimate of drug-likeness (QED) is 0.782. The van der Waals surface area contributed by atoms with Gasteiger partial charge < -0.3 is 5.32 Å². The van der Waals surface area contributed by atoms with Crippen molar-refractivity contribution < 1.29 is 4.79 Å². The molecule has 1 heterocycles. The van der Waals surface area contributed by atoms with Crippen LogP contribution in [0.2, 0.25) is 0 Å².